The van der Waals surface area contributed by atoms with Crippen LogP contribution in [0.1, 0.15) is 24.4 Å². The summed E-state index contributed by atoms with van der Waals surface area (Å²) in [5.74, 6) is -0.129. The van der Waals surface area contributed by atoms with Gasteiger partial charge < -0.3 is 25.6 Å². The topological polar surface area (TPSA) is 102 Å². The molecule has 0 spiro atoms. The third-order valence-corrected chi connectivity index (χ3v) is 4.29. The number of likely N-dealkylation sites (tertiary alicyclic amines) is 1. The molecule has 7 nitrogen and oxygen atoms in total. The molecular formula is C17H24BN3O4. The van der Waals surface area contributed by atoms with Crippen molar-refractivity contribution in [2.75, 3.05) is 13.1 Å². The first-order chi connectivity index (χ1) is 12.0. The minimum atomic E-state index is -1.53. The fourth-order valence-corrected chi connectivity index (χ4v) is 3.05. The molecule has 0 unspecified atom stereocenters. The minimum Gasteiger partial charge on any atom is -0.427 e. The molecule has 1 aliphatic rings. The smallest absolute Gasteiger partial charge is 0.427 e. The molecule has 2 atom stereocenters. The Balaban J connectivity index is 1.90. The molecule has 1 aromatic rings. The van der Waals surface area contributed by atoms with Gasteiger partial charge >= 0.3 is 13.1 Å². The van der Waals surface area contributed by atoms with Gasteiger partial charge in [0.15, 0.2) is 0 Å². The van der Waals surface area contributed by atoms with Crippen molar-refractivity contribution in [1.29, 1.82) is 0 Å². The number of urea groups is 1. The number of nitrogens with one attached hydrogen (secondary N) is 2. The van der Waals surface area contributed by atoms with Crippen molar-refractivity contribution in [2.24, 2.45) is 0 Å². The second-order valence-electron chi connectivity index (χ2n) is 6.07. The molecule has 8 heteroatoms. The SMILES string of the molecule is C=CC(=O)N1CCC[C@H]1CNC(=O)N[C@H](CB(O)O)c1ccccc1. The Kier molecular flexibility index (Phi) is 7.03. The van der Waals surface area contributed by atoms with Gasteiger partial charge in [0.2, 0.25) is 5.91 Å². The predicted molar refractivity (Wildman–Crippen MR) is 95.6 cm³/mol. The minimum absolute atomic E-state index is 0.0120. The van der Waals surface area contributed by atoms with Gasteiger partial charge in [-0.15, -0.1) is 0 Å². The summed E-state index contributed by atoms with van der Waals surface area (Å²) in [7, 11) is -1.53. The van der Waals surface area contributed by atoms with E-state index in [-0.39, 0.29) is 18.3 Å². The van der Waals surface area contributed by atoms with E-state index in [4.69, 9.17) is 0 Å². The van der Waals surface area contributed by atoms with Crippen molar-refractivity contribution < 1.29 is 19.6 Å². The molecule has 0 saturated carbocycles. The lowest BCUT2D eigenvalue weighted by Crippen LogP contribution is -2.46. The highest BCUT2D eigenvalue weighted by atomic mass is 16.4. The molecule has 1 aliphatic heterocycles. The van der Waals surface area contributed by atoms with Crippen LogP contribution in [-0.2, 0) is 4.79 Å². The van der Waals surface area contributed by atoms with Gasteiger partial charge in [-0.25, -0.2) is 4.79 Å². The molecule has 0 bridgehead atoms. The number of carbonyl (C=O) groups is 2. The van der Waals surface area contributed by atoms with Gasteiger partial charge in [-0.1, -0.05) is 36.9 Å². The number of nitrogens with zero attached hydrogens (tertiary/aromatic N) is 1. The van der Waals surface area contributed by atoms with Crippen LogP contribution in [-0.4, -0.2) is 53.1 Å². The normalized spacial score (nSPS) is 17.7. The lowest BCUT2D eigenvalue weighted by molar-refractivity contribution is -0.126. The second-order valence-corrected chi connectivity index (χ2v) is 6.07. The highest BCUT2D eigenvalue weighted by Crippen LogP contribution is 2.19. The molecular weight excluding hydrogens is 321 g/mol. The Labute approximate surface area is 147 Å². The zero-order valence-electron chi connectivity index (χ0n) is 14.1. The van der Waals surface area contributed by atoms with E-state index >= 15 is 0 Å². The molecule has 1 fully saturated rings. The Morgan fingerprint density at radius 3 is 2.72 bits per heavy atom. The summed E-state index contributed by atoms with van der Waals surface area (Å²) in [4.78, 5) is 25.7. The van der Waals surface area contributed by atoms with Crippen LogP contribution >= 0.6 is 0 Å². The van der Waals surface area contributed by atoms with Crippen molar-refractivity contribution >= 4 is 19.1 Å². The Morgan fingerprint density at radius 2 is 2.08 bits per heavy atom. The number of amides is 3. The molecule has 2 rings (SSSR count). The van der Waals surface area contributed by atoms with Gasteiger partial charge in [0.05, 0.1) is 6.04 Å². The van der Waals surface area contributed by atoms with Crippen LogP contribution in [0, 0.1) is 0 Å². The summed E-state index contributed by atoms with van der Waals surface area (Å²) in [5.41, 5.74) is 0.787. The predicted octanol–water partition coefficient (Wildman–Crippen LogP) is 0.677. The Bertz CT molecular complexity index is 597. The van der Waals surface area contributed by atoms with Crippen LogP contribution in [0.3, 0.4) is 0 Å². The second kappa shape index (κ2) is 9.24. The van der Waals surface area contributed by atoms with E-state index in [2.05, 4.69) is 17.2 Å². The van der Waals surface area contributed by atoms with Gasteiger partial charge in [-0.2, -0.15) is 0 Å². The molecule has 4 N–H and O–H groups in total. The van der Waals surface area contributed by atoms with Crippen LogP contribution in [0.4, 0.5) is 4.79 Å². The Hall–Kier alpha value is -2.32. The highest BCUT2D eigenvalue weighted by molar-refractivity contribution is 6.41. The molecule has 1 aromatic carbocycles. The quantitative estimate of drug-likeness (QED) is 0.431. The standard InChI is InChI=1S/C17H24BN3O4/c1-2-16(22)21-10-6-9-14(21)12-19-17(23)20-15(11-18(24)25)13-7-4-3-5-8-13/h2-5,7-8,14-15,24-25H,1,6,9-12H2,(H2,19,20,23)/t14-,15+/m0/s1. The molecule has 0 aliphatic carbocycles. The zero-order valence-corrected chi connectivity index (χ0v) is 14.1. The first kappa shape index (κ1) is 19.0. The van der Waals surface area contributed by atoms with Gasteiger partial charge in [-0.3, -0.25) is 4.79 Å². The largest absolute Gasteiger partial charge is 0.453 e. The van der Waals surface area contributed by atoms with E-state index in [9.17, 15) is 19.6 Å². The maximum Gasteiger partial charge on any atom is 0.453 e. The molecule has 25 heavy (non-hydrogen) atoms. The zero-order chi connectivity index (χ0) is 18.2. The third kappa shape index (κ3) is 5.61. The summed E-state index contributed by atoms with van der Waals surface area (Å²) in [6, 6.07) is 8.15. The molecule has 3 amide bonds. The van der Waals surface area contributed by atoms with E-state index in [1.165, 1.54) is 6.08 Å². The molecule has 0 radical (unpaired) electrons. The van der Waals surface area contributed by atoms with Crippen LogP contribution < -0.4 is 10.6 Å². The monoisotopic (exact) mass is 345 g/mol. The average molecular weight is 345 g/mol. The molecule has 134 valence electrons. The fourth-order valence-electron chi connectivity index (χ4n) is 3.05. The van der Waals surface area contributed by atoms with Crippen LogP contribution in [0.2, 0.25) is 6.32 Å². The first-order valence-electron chi connectivity index (χ1n) is 8.39. The number of hydrogen-bond acceptors (Lipinski definition) is 4. The lowest BCUT2D eigenvalue weighted by Gasteiger charge is -2.25. The van der Waals surface area contributed by atoms with Crippen LogP contribution in [0.15, 0.2) is 43.0 Å². The summed E-state index contributed by atoms with van der Waals surface area (Å²) in [6.07, 6.45) is 3.00. The van der Waals surface area contributed by atoms with E-state index in [1.807, 2.05) is 30.3 Å². The Morgan fingerprint density at radius 1 is 1.36 bits per heavy atom. The number of benzene rings is 1. The van der Waals surface area contributed by atoms with Gasteiger partial charge in [-0.05, 0) is 24.5 Å². The lowest BCUT2D eigenvalue weighted by atomic mass is 9.79. The maximum atomic E-state index is 12.2. The summed E-state index contributed by atoms with van der Waals surface area (Å²) < 4.78 is 0. The van der Waals surface area contributed by atoms with Gasteiger partial charge in [0.25, 0.3) is 0 Å². The first-order valence-corrected chi connectivity index (χ1v) is 8.39. The fraction of sp³-hybridized carbons (Fsp3) is 0.412. The number of rotatable bonds is 7. The third-order valence-electron chi connectivity index (χ3n) is 4.29. The maximum absolute atomic E-state index is 12.2. The number of carbonyl (C=O) groups excluding carboxylic acids is 2. The van der Waals surface area contributed by atoms with Crippen molar-refractivity contribution in [1.82, 2.24) is 15.5 Å². The van der Waals surface area contributed by atoms with E-state index < -0.39 is 19.2 Å². The van der Waals surface area contributed by atoms with Crippen LogP contribution in [0.5, 0.6) is 0 Å². The number of hydrogen-bond donors (Lipinski definition) is 4. The van der Waals surface area contributed by atoms with E-state index in [0.29, 0.717) is 13.1 Å². The van der Waals surface area contributed by atoms with E-state index in [0.717, 1.165) is 18.4 Å². The average Bonchev–Trinajstić information content (AvgIpc) is 3.07. The van der Waals surface area contributed by atoms with Gasteiger partial charge in [0, 0.05) is 25.5 Å². The van der Waals surface area contributed by atoms with Crippen molar-refractivity contribution in [3.05, 3.63) is 48.6 Å². The summed E-state index contributed by atoms with van der Waals surface area (Å²) in [5, 5.41) is 24.0. The van der Waals surface area contributed by atoms with Crippen molar-refractivity contribution in [3.8, 4) is 0 Å². The summed E-state index contributed by atoms with van der Waals surface area (Å²) >= 11 is 0. The van der Waals surface area contributed by atoms with E-state index in [1.54, 1.807) is 4.90 Å². The summed E-state index contributed by atoms with van der Waals surface area (Å²) in [6.45, 7) is 4.51. The molecule has 1 saturated heterocycles. The highest BCUT2D eigenvalue weighted by Gasteiger charge is 2.28. The van der Waals surface area contributed by atoms with Gasteiger partial charge in [0.1, 0.15) is 0 Å². The molecule has 0 aromatic heterocycles. The van der Waals surface area contributed by atoms with Crippen molar-refractivity contribution in [2.45, 2.75) is 31.2 Å². The molecule has 1 heterocycles. The van der Waals surface area contributed by atoms with Crippen LogP contribution in [0.25, 0.3) is 0 Å². The van der Waals surface area contributed by atoms with Crippen molar-refractivity contribution in [3.63, 3.8) is 0 Å².